The Morgan fingerprint density at radius 2 is 1.93 bits per heavy atom. The molecule has 9 nitrogen and oxygen atoms in total. The first kappa shape index (κ1) is 21.0. The summed E-state index contributed by atoms with van der Waals surface area (Å²) < 4.78 is 6.85. The summed E-state index contributed by atoms with van der Waals surface area (Å²) in [5, 5.41) is 18.4. The smallest absolute Gasteiger partial charge is 0.411 e. The fourth-order valence-corrected chi connectivity index (χ4v) is 3.65. The fraction of sp³-hybridized carbons (Fsp3) is 0.526. The van der Waals surface area contributed by atoms with Crippen molar-refractivity contribution in [3.8, 4) is 0 Å². The summed E-state index contributed by atoms with van der Waals surface area (Å²) in [5.74, 6) is 0.584. The number of rotatable bonds is 7. The highest BCUT2D eigenvalue weighted by molar-refractivity contribution is 6.30. The Morgan fingerprint density at radius 1 is 1.21 bits per heavy atom. The Balaban J connectivity index is 1.60. The highest BCUT2D eigenvalue weighted by Gasteiger charge is 2.39. The van der Waals surface area contributed by atoms with E-state index in [4.69, 9.17) is 16.3 Å². The van der Waals surface area contributed by atoms with E-state index in [1.807, 2.05) is 6.92 Å². The number of nitrogens with one attached hydrogen (secondary N) is 2. The maximum atomic E-state index is 12.1. The number of aromatic nitrogens is 4. The summed E-state index contributed by atoms with van der Waals surface area (Å²) in [6.07, 6.45) is 4.52. The molecule has 1 fully saturated rings. The van der Waals surface area contributed by atoms with Gasteiger partial charge >= 0.3 is 6.09 Å². The third-order valence-corrected chi connectivity index (χ3v) is 5.25. The molecule has 0 radical (unpaired) electrons. The molecule has 2 amide bonds. The van der Waals surface area contributed by atoms with Gasteiger partial charge in [-0.15, -0.1) is 5.10 Å². The van der Waals surface area contributed by atoms with Crippen molar-refractivity contribution >= 4 is 29.3 Å². The van der Waals surface area contributed by atoms with Crippen LogP contribution in [0, 0.1) is 0 Å². The lowest BCUT2D eigenvalue weighted by Gasteiger charge is -2.36. The van der Waals surface area contributed by atoms with Crippen LogP contribution < -0.4 is 10.6 Å². The highest BCUT2D eigenvalue weighted by atomic mass is 35.5. The largest absolute Gasteiger partial charge is 0.447 e. The molecular formula is C19H25ClN6O3. The summed E-state index contributed by atoms with van der Waals surface area (Å²) >= 11 is 5.83. The second-order valence-electron chi connectivity index (χ2n) is 7.04. The van der Waals surface area contributed by atoms with Crippen LogP contribution in [0.5, 0.6) is 0 Å². The van der Waals surface area contributed by atoms with Crippen LogP contribution in [0.25, 0.3) is 0 Å². The molecule has 1 aromatic heterocycles. The second-order valence-corrected chi connectivity index (χ2v) is 7.47. The van der Waals surface area contributed by atoms with Gasteiger partial charge in [0.1, 0.15) is 12.1 Å². The summed E-state index contributed by atoms with van der Waals surface area (Å²) in [4.78, 5) is 24.1. The van der Waals surface area contributed by atoms with Gasteiger partial charge in [-0.25, -0.2) is 9.48 Å². The topological polar surface area (TPSA) is 111 Å². The SMILES string of the molecule is CCC(=O)NC1(c2nnnn2CCOC(=O)Nc2ccc(Cl)cc2)CCCCC1. The normalized spacial score (nSPS) is 15.5. The molecule has 1 aromatic carbocycles. The van der Waals surface area contributed by atoms with E-state index < -0.39 is 11.6 Å². The van der Waals surface area contributed by atoms with Crippen LogP contribution >= 0.6 is 11.6 Å². The fourth-order valence-electron chi connectivity index (χ4n) is 3.53. The predicted octanol–water partition coefficient (Wildman–Crippen LogP) is 3.26. The summed E-state index contributed by atoms with van der Waals surface area (Å²) in [6.45, 7) is 2.21. The Bertz CT molecular complexity index is 833. The summed E-state index contributed by atoms with van der Waals surface area (Å²) in [6, 6.07) is 6.73. The van der Waals surface area contributed by atoms with Crippen molar-refractivity contribution < 1.29 is 14.3 Å². The zero-order valence-electron chi connectivity index (χ0n) is 16.4. The predicted molar refractivity (Wildman–Crippen MR) is 107 cm³/mol. The average Bonchev–Trinajstić information content (AvgIpc) is 3.19. The molecule has 29 heavy (non-hydrogen) atoms. The lowest BCUT2D eigenvalue weighted by atomic mass is 9.80. The first-order valence-corrected chi connectivity index (χ1v) is 10.2. The molecule has 10 heteroatoms. The number of hydrogen-bond donors (Lipinski definition) is 2. The second kappa shape index (κ2) is 9.69. The average molecular weight is 421 g/mol. The lowest BCUT2D eigenvalue weighted by Crippen LogP contribution is -2.49. The number of anilines is 1. The van der Waals surface area contributed by atoms with Gasteiger partial charge in [0, 0.05) is 17.1 Å². The molecule has 0 spiro atoms. The van der Waals surface area contributed by atoms with E-state index in [-0.39, 0.29) is 12.5 Å². The molecule has 0 unspecified atom stereocenters. The van der Waals surface area contributed by atoms with E-state index in [2.05, 4.69) is 26.2 Å². The van der Waals surface area contributed by atoms with E-state index in [0.29, 0.717) is 29.5 Å². The van der Waals surface area contributed by atoms with Crippen molar-refractivity contribution in [1.29, 1.82) is 0 Å². The van der Waals surface area contributed by atoms with Gasteiger partial charge in [0.05, 0.1) is 6.54 Å². The molecule has 0 bridgehead atoms. The van der Waals surface area contributed by atoms with Crippen molar-refractivity contribution in [3.63, 3.8) is 0 Å². The third kappa shape index (κ3) is 5.44. The number of carbonyl (C=O) groups is 2. The van der Waals surface area contributed by atoms with Gasteiger partial charge in [0.25, 0.3) is 0 Å². The van der Waals surface area contributed by atoms with E-state index in [1.54, 1.807) is 28.9 Å². The molecule has 0 saturated heterocycles. The minimum atomic E-state index is -0.575. The Kier molecular flexibility index (Phi) is 7.03. The maximum absolute atomic E-state index is 12.1. The monoisotopic (exact) mass is 420 g/mol. The molecule has 0 atom stereocenters. The van der Waals surface area contributed by atoms with Crippen LogP contribution in [0.15, 0.2) is 24.3 Å². The number of ether oxygens (including phenoxy) is 1. The van der Waals surface area contributed by atoms with Crippen LogP contribution in [0.3, 0.4) is 0 Å². The Hall–Kier alpha value is -2.68. The van der Waals surface area contributed by atoms with Crippen molar-refractivity contribution in [1.82, 2.24) is 25.5 Å². The number of amides is 2. The molecular weight excluding hydrogens is 396 g/mol. The van der Waals surface area contributed by atoms with Crippen LogP contribution in [0.4, 0.5) is 10.5 Å². The van der Waals surface area contributed by atoms with Crippen LogP contribution in [-0.4, -0.2) is 38.8 Å². The van der Waals surface area contributed by atoms with Gasteiger partial charge in [-0.3, -0.25) is 10.1 Å². The number of nitrogens with zero attached hydrogens (tertiary/aromatic N) is 4. The van der Waals surface area contributed by atoms with E-state index in [0.717, 1.165) is 32.1 Å². The molecule has 2 N–H and O–H groups in total. The van der Waals surface area contributed by atoms with Crippen LogP contribution in [0.2, 0.25) is 5.02 Å². The third-order valence-electron chi connectivity index (χ3n) is 4.99. The van der Waals surface area contributed by atoms with E-state index in [1.165, 1.54) is 0 Å². The Morgan fingerprint density at radius 3 is 2.62 bits per heavy atom. The van der Waals surface area contributed by atoms with Crippen LogP contribution in [-0.2, 0) is 21.6 Å². The van der Waals surface area contributed by atoms with Gasteiger partial charge in [0.2, 0.25) is 5.91 Å². The first-order valence-electron chi connectivity index (χ1n) is 9.79. The lowest BCUT2D eigenvalue weighted by molar-refractivity contribution is -0.123. The number of tetrazole rings is 1. The minimum absolute atomic E-state index is 0.0277. The number of halogens is 1. The van der Waals surface area contributed by atoms with Gasteiger partial charge in [-0.1, -0.05) is 37.8 Å². The number of benzene rings is 1. The zero-order chi connectivity index (χ0) is 20.7. The number of hydrogen-bond acceptors (Lipinski definition) is 6. The van der Waals surface area contributed by atoms with Gasteiger partial charge in [0.15, 0.2) is 5.82 Å². The van der Waals surface area contributed by atoms with Crippen molar-refractivity contribution in [3.05, 3.63) is 35.1 Å². The minimum Gasteiger partial charge on any atom is -0.447 e. The molecule has 1 aliphatic rings. The molecule has 1 aliphatic carbocycles. The molecule has 3 rings (SSSR count). The van der Waals surface area contributed by atoms with Gasteiger partial charge < -0.3 is 10.1 Å². The Labute approximate surface area is 174 Å². The van der Waals surface area contributed by atoms with Crippen molar-refractivity contribution in [2.45, 2.75) is 57.5 Å². The van der Waals surface area contributed by atoms with Gasteiger partial charge in [-0.05, 0) is 47.5 Å². The zero-order valence-corrected chi connectivity index (χ0v) is 17.1. The molecule has 1 saturated carbocycles. The van der Waals surface area contributed by atoms with Crippen LogP contribution in [0.1, 0.15) is 51.3 Å². The van der Waals surface area contributed by atoms with Crippen molar-refractivity contribution in [2.24, 2.45) is 0 Å². The molecule has 156 valence electrons. The summed E-state index contributed by atoms with van der Waals surface area (Å²) in [7, 11) is 0. The van der Waals surface area contributed by atoms with Gasteiger partial charge in [-0.2, -0.15) is 0 Å². The maximum Gasteiger partial charge on any atom is 0.411 e. The molecule has 1 heterocycles. The van der Waals surface area contributed by atoms with E-state index >= 15 is 0 Å². The standard InChI is InChI=1S/C19H25ClN6O3/c1-2-16(27)22-19(10-4-3-5-11-19)17-23-24-25-26(17)12-13-29-18(28)21-15-8-6-14(20)7-9-15/h6-9H,2-5,10-13H2,1H3,(H,21,28)(H,22,27). The molecule has 0 aliphatic heterocycles. The number of carbonyl (C=O) groups excluding carboxylic acids is 2. The summed E-state index contributed by atoms with van der Waals surface area (Å²) in [5.41, 5.74) is 0.0198. The highest BCUT2D eigenvalue weighted by Crippen LogP contribution is 2.36. The first-order chi connectivity index (χ1) is 14.0. The molecule has 2 aromatic rings. The van der Waals surface area contributed by atoms with E-state index in [9.17, 15) is 9.59 Å². The quantitative estimate of drug-likeness (QED) is 0.711. The van der Waals surface area contributed by atoms with Crippen molar-refractivity contribution in [2.75, 3.05) is 11.9 Å².